The molecule has 2 heterocycles. The second-order valence-electron chi connectivity index (χ2n) is 3.00. The first-order valence-corrected chi connectivity index (χ1v) is 4.45. The number of para-hydroxylation sites is 2. The molecule has 3 rings (SSSR count). The van der Waals surface area contributed by atoms with Gasteiger partial charge in [-0.3, -0.25) is 0 Å². The number of rotatable bonds is 1. The standard InChI is InChI=1S/C10H6N5.Pt/c1-2-4-8-7(3-1)14-10(15-8)9-12-5-11-6-13-9;/h1-6H;/q-1;. The van der Waals surface area contributed by atoms with E-state index in [0.717, 1.165) is 11.0 Å². The molecule has 3 aromatic rings. The Balaban J connectivity index is 0.000000963. The van der Waals surface area contributed by atoms with Crippen LogP contribution in [-0.2, 0) is 21.1 Å². The molecule has 0 aliphatic rings. The summed E-state index contributed by atoms with van der Waals surface area (Å²) in [5, 5.41) is 0. The number of hydrogen-bond acceptors (Lipinski definition) is 4. The predicted octanol–water partition coefficient (Wildman–Crippen LogP) is 1.04. The first-order valence-electron chi connectivity index (χ1n) is 4.45. The molecule has 0 N–H and O–H groups in total. The van der Waals surface area contributed by atoms with E-state index in [1.54, 1.807) is 0 Å². The minimum atomic E-state index is 0. The molecule has 16 heavy (non-hydrogen) atoms. The summed E-state index contributed by atoms with van der Waals surface area (Å²) in [6, 6.07) is 7.67. The zero-order chi connectivity index (χ0) is 10.1. The molecule has 0 aliphatic carbocycles. The molecule has 0 saturated carbocycles. The number of benzene rings is 1. The molecule has 6 heteroatoms. The topological polar surface area (TPSA) is 65.7 Å². The van der Waals surface area contributed by atoms with E-state index in [0.29, 0.717) is 11.6 Å². The Morgan fingerprint density at radius 3 is 2.50 bits per heavy atom. The van der Waals surface area contributed by atoms with Crippen molar-refractivity contribution in [3.63, 3.8) is 0 Å². The van der Waals surface area contributed by atoms with E-state index in [4.69, 9.17) is 0 Å². The third-order valence-corrected chi connectivity index (χ3v) is 2.03. The van der Waals surface area contributed by atoms with Crippen molar-refractivity contribution in [3.8, 4) is 11.6 Å². The van der Waals surface area contributed by atoms with Gasteiger partial charge in [-0.1, -0.05) is 24.3 Å². The Kier molecular flexibility index (Phi) is 3.06. The molecule has 0 bridgehead atoms. The van der Waals surface area contributed by atoms with Crippen molar-refractivity contribution in [2.75, 3.05) is 0 Å². The molecule has 0 saturated heterocycles. The maximum atomic E-state index is 4.32. The second kappa shape index (κ2) is 4.49. The van der Waals surface area contributed by atoms with Gasteiger partial charge in [-0.25, -0.2) is 15.0 Å². The molecule has 0 radical (unpaired) electrons. The fraction of sp³-hybridized carbons (Fsp3) is 0. The van der Waals surface area contributed by atoms with E-state index in [2.05, 4.69) is 24.9 Å². The molecule has 0 spiro atoms. The summed E-state index contributed by atoms with van der Waals surface area (Å²) < 4.78 is 0. The van der Waals surface area contributed by atoms with Crippen LogP contribution in [0.2, 0.25) is 0 Å². The average molecular weight is 391 g/mol. The summed E-state index contributed by atoms with van der Waals surface area (Å²) in [5.74, 6) is 1.04. The van der Waals surface area contributed by atoms with Gasteiger partial charge in [-0.2, -0.15) is 0 Å². The largest absolute Gasteiger partial charge is 0.433 e. The fourth-order valence-corrected chi connectivity index (χ4v) is 1.36. The van der Waals surface area contributed by atoms with Crippen LogP contribution in [0.4, 0.5) is 0 Å². The van der Waals surface area contributed by atoms with Gasteiger partial charge in [0.05, 0.1) is 0 Å². The molecule has 0 unspecified atom stereocenters. The van der Waals surface area contributed by atoms with Crippen LogP contribution in [0.1, 0.15) is 0 Å². The number of nitrogens with zero attached hydrogens (tertiary/aromatic N) is 5. The summed E-state index contributed by atoms with van der Waals surface area (Å²) in [5.41, 5.74) is 1.71. The van der Waals surface area contributed by atoms with Crippen molar-refractivity contribution < 1.29 is 21.1 Å². The fourth-order valence-electron chi connectivity index (χ4n) is 1.36. The van der Waals surface area contributed by atoms with Gasteiger partial charge >= 0.3 is 0 Å². The van der Waals surface area contributed by atoms with Gasteiger partial charge in [0.1, 0.15) is 12.7 Å². The van der Waals surface area contributed by atoms with Crippen LogP contribution in [0.3, 0.4) is 0 Å². The van der Waals surface area contributed by atoms with Gasteiger partial charge in [0.15, 0.2) is 5.82 Å². The zero-order valence-corrected chi connectivity index (χ0v) is 10.3. The zero-order valence-electron chi connectivity index (χ0n) is 8.02. The monoisotopic (exact) mass is 391 g/mol. The average Bonchev–Trinajstić information content (AvgIpc) is 2.74. The van der Waals surface area contributed by atoms with Gasteiger partial charge in [-0.05, 0) is 16.9 Å². The van der Waals surface area contributed by atoms with E-state index in [-0.39, 0.29) is 21.1 Å². The normalized spacial score (nSPS) is 10.0. The van der Waals surface area contributed by atoms with Gasteiger partial charge < -0.3 is 9.97 Å². The van der Waals surface area contributed by atoms with Crippen molar-refractivity contribution in [2.24, 2.45) is 0 Å². The molecule has 0 aliphatic heterocycles. The Labute approximate surface area is 106 Å². The van der Waals surface area contributed by atoms with Crippen molar-refractivity contribution >= 4 is 11.0 Å². The first kappa shape index (κ1) is 10.9. The van der Waals surface area contributed by atoms with E-state index < -0.39 is 0 Å². The van der Waals surface area contributed by atoms with Crippen molar-refractivity contribution in [2.45, 2.75) is 0 Å². The molecule has 0 amide bonds. The minimum Gasteiger partial charge on any atom is -0.433 e. The molecular weight excluding hydrogens is 385 g/mol. The Bertz CT molecular complexity index is 559. The molecule has 5 nitrogen and oxygen atoms in total. The Morgan fingerprint density at radius 1 is 1.00 bits per heavy atom. The molecule has 0 atom stereocenters. The van der Waals surface area contributed by atoms with Crippen LogP contribution in [-0.4, -0.2) is 19.9 Å². The van der Waals surface area contributed by atoms with Crippen molar-refractivity contribution in [3.05, 3.63) is 36.9 Å². The summed E-state index contributed by atoms with van der Waals surface area (Å²) in [6.45, 7) is 0. The maximum Gasteiger partial charge on any atom is 0.154 e. The van der Waals surface area contributed by atoms with E-state index in [1.165, 1.54) is 12.7 Å². The number of fused-ring (bicyclic) bond motifs is 1. The second-order valence-corrected chi connectivity index (χ2v) is 3.00. The molecule has 82 valence electrons. The van der Waals surface area contributed by atoms with Gasteiger partial charge in [-0.15, -0.1) is 0 Å². The Hall–Kier alpha value is -1.61. The van der Waals surface area contributed by atoms with Gasteiger partial charge in [0.25, 0.3) is 0 Å². The summed E-state index contributed by atoms with van der Waals surface area (Å²) >= 11 is 0. The molecule has 1 aromatic carbocycles. The van der Waals surface area contributed by atoms with Crippen LogP contribution in [0, 0.1) is 0 Å². The maximum absolute atomic E-state index is 4.32. The van der Waals surface area contributed by atoms with Crippen LogP contribution in [0.15, 0.2) is 36.9 Å². The van der Waals surface area contributed by atoms with Gasteiger partial charge in [0, 0.05) is 21.1 Å². The quantitative estimate of drug-likeness (QED) is 0.620. The minimum absolute atomic E-state index is 0. The SMILES string of the molecule is [Pt].c1ccc2[n-]c(-c3ncncn3)nc2c1. The summed E-state index contributed by atoms with van der Waals surface area (Å²) in [4.78, 5) is 20.4. The summed E-state index contributed by atoms with van der Waals surface area (Å²) in [7, 11) is 0. The van der Waals surface area contributed by atoms with Crippen LogP contribution >= 0.6 is 0 Å². The number of imidazole rings is 1. The molecule has 0 fully saturated rings. The summed E-state index contributed by atoms with van der Waals surface area (Å²) in [6.07, 6.45) is 2.87. The first-order chi connectivity index (χ1) is 7.43. The van der Waals surface area contributed by atoms with Gasteiger partial charge in [0.2, 0.25) is 0 Å². The van der Waals surface area contributed by atoms with Crippen molar-refractivity contribution in [1.82, 2.24) is 24.9 Å². The third kappa shape index (κ3) is 1.86. The van der Waals surface area contributed by atoms with Crippen LogP contribution < -0.4 is 4.98 Å². The van der Waals surface area contributed by atoms with E-state index in [1.807, 2.05) is 24.3 Å². The number of aromatic nitrogens is 5. The van der Waals surface area contributed by atoms with Crippen LogP contribution in [0.5, 0.6) is 0 Å². The Morgan fingerprint density at radius 2 is 1.75 bits per heavy atom. The third-order valence-electron chi connectivity index (χ3n) is 2.03. The van der Waals surface area contributed by atoms with E-state index >= 15 is 0 Å². The molecular formula is C10H6N5Pt-. The predicted molar refractivity (Wildman–Crippen MR) is 53.9 cm³/mol. The molecule has 2 aromatic heterocycles. The van der Waals surface area contributed by atoms with E-state index in [9.17, 15) is 0 Å². The smallest absolute Gasteiger partial charge is 0.154 e. The van der Waals surface area contributed by atoms with Crippen molar-refractivity contribution in [1.29, 1.82) is 0 Å². The van der Waals surface area contributed by atoms with Crippen LogP contribution in [0.25, 0.3) is 22.7 Å². The number of hydrogen-bond donors (Lipinski definition) is 0.